The van der Waals surface area contributed by atoms with E-state index >= 15 is 0 Å². The van der Waals surface area contributed by atoms with E-state index < -0.39 is 11.8 Å². The number of H-pyrrole nitrogens is 2. The summed E-state index contributed by atoms with van der Waals surface area (Å²) in [5.41, 5.74) is 0.715. The minimum absolute atomic E-state index is 0.127. The highest BCUT2D eigenvalue weighted by atomic mass is 35.5. The van der Waals surface area contributed by atoms with E-state index in [9.17, 15) is 9.59 Å². The number of benzene rings is 1. The van der Waals surface area contributed by atoms with E-state index in [1.165, 1.54) is 12.5 Å². The molecule has 3 rings (SSSR count). The molecule has 7 heteroatoms. The molecule has 0 saturated heterocycles. The number of hydrogen-bond acceptors (Lipinski definition) is 3. The minimum Gasteiger partial charge on any atom is -0.477 e. The zero-order valence-corrected chi connectivity index (χ0v) is 10.7. The van der Waals surface area contributed by atoms with Gasteiger partial charge in [0, 0.05) is 27.7 Å². The lowest BCUT2D eigenvalue weighted by molar-refractivity contribution is 0.0687. The third-order valence-electron chi connectivity index (χ3n) is 2.96. The zero-order valence-electron chi connectivity index (χ0n) is 9.98. The standard InChI is InChI=1S/C13H8ClN3O3/c14-6-1-2-9-7(3-6)8(4-15-9)12(18)10-11(13(19)20)17-5-16-10/h1-5,15H,(H,16,17)(H,19,20). The molecule has 0 aliphatic heterocycles. The first-order chi connectivity index (χ1) is 9.58. The molecule has 0 aliphatic rings. The fourth-order valence-electron chi connectivity index (χ4n) is 2.04. The third-order valence-corrected chi connectivity index (χ3v) is 3.19. The lowest BCUT2D eigenvalue weighted by Crippen LogP contribution is -2.09. The largest absolute Gasteiger partial charge is 0.477 e. The summed E-state index contributed by atoms with van der Waals surface area (Å²) < 4.78 is 0. The number of ketones is 1. The molecule has 0 saturated carbocycles. The summed E-state index contributed by atoms with van der Waals surface area (Å²) in [4.78, 5) is 32.6. The van der Waals surface area contributed by atoms with Crippen LogP contribution in [0.3, 0.4) is 0 Å². The van der Waals surface area contributed by atoms with Gasteiger partial charge in [0.1, 0.15) is 5.69 Å². The second-order valence-electron chi connectivity index (χ2n) is 4.15. The number of imidazole rings is 1. The molecule has 3 N–H and O–H groups in total. The van der Waals surface area contributed by atoms with Gasteiger partial charge in [-0.25, -0.2) is 9.78 Å². The molecule has 0 fully saturated rings. The van der Waals surface area contributed by atoms with Gasteiger partial charge >= 0.3 is 5.97 Å². The Morgan fingerprint density at radius 3 is 2.80 bits per heavy atom. The highest BCUT2D eigenvalue weighted by molar-refractivity contribution is 6.31. The SMILES string of the molecule is O=C(O)c1[nH]cnc1C(=O)c1c[nH]c2ccc(Cl)cc12. The molecule has 2 heterocycles. The molecule has 6 nitrogen and oxygen atoms in total. The van der Waals surface area contributed by atoms with Crippen LogP contribution in [-0.4, -0.2) is 31.8 Å². The van der Waals surface area contributed by atoms with Crippen LogP contribution >= 0.6 is 11.6 Å². The van der Waals surface area contributed by atoms with Crippen LogP contribution < -0.4 is 0 Å². The molecule has 1 aromatic carbocycles. The lowest BCUT2D eigenvalue weighted by atomic mass is 10.1. The molecule has 0 spiro atoms. The zero-order chi connectivity index (χ0) is 14.3. The van der Waals surface area contributed by atoms with Crippen molar-refractivity contribution in [3.05, 3.63) is 52.7 Å². The first-order valence-electron chi connectivity index (χ1n) is 5.66. The van der Waals surface area contributed by atoms with E-state index in [4.69, 9.17) is 16.7 Å². The van der Waals surface area contributed by atoms with Crippen LogP contribution in [0, 0.1) is 0 Å². The van der Waals surface area contributed by atoms with Crippen molar-refractivity contribution in [3.63, 3.8) is 0 Å². The minimum atomic E-state index is -1.23. The summed E-state index contributed by atoms with van der Waals surface area (Å²) >= 11 is 5.92. The summed E-state index contributed by atoms with van der Waals surface area (Å²) in [6.07, 6.45) is 2.70. The number of nitrogens with one attached hydrogen (secondary N) is 2. The van der Waals surface area contributed by atoms with E-state index in [-0.39, 0.29) is 11.4 Å². The van der Waals surface area contributed by atoms with Gasteiger partial charge in [-0.2, -0.15) is 0 Å². The number of rotatable bonds is 3. The first-order valence-corrected chi connectivity index (χ1v) is 6.03. The van der Waals surface area contributed by atoms with Gasteiger partial charge in [-0.05, 0) is 18.2 Å². The van der Waals surface area contributed by atoms with Crippen LogP contribution in [0.4, 0.5) is 0 Å². The van der Waals surface area contributed by atoms with Crippen molar-refractivity contribution in [1.82, 2.24) is 15.0 Å². The van der Waals surface area contributed by atoms with Crippen molar-refractivity contribution < 1.29 is 14.7 Å². The molecule has 0 aliphatic carbocycles. The van der Waals surface area contributed by atoms with Gasteiger partial charge in [0.25, 0.3) is 0 Å². The maximum absolute atomic E-state index is 12.4. The Morgan fingerprint density at radius 2 is 2.05 bits per heavy atom. The number of carboxylic acids is 1. The van der Waals surface area contributed by atoms with E-state index in [1.807, 2.05) is 0 Å². The van der Waals surface area contributed by atoms with Crippen molar-refractivity contribution in [2.24, 2.45) is 0 Å². The average molecular weight is 290 g/mol. The normalized spacial score (nSPS) is 10.8. The topological polar surface area (TPSA) is 98.8 Å². The van der Waals surface area contributed by atoms with E-state index in [2.05, 4.69) is 15.0 Å². The van der Waals surface area contributed by atoms with Crippen LogP contribution in [0.1, 0.15) is 26.5 Å². The molecule has 0 atom stereocenters. The molecular formula is C13H8ClN3O3. The number of aromatic nitrogens is 3. The van der Waals surface area contributed by atoms with Crippen molar-refractivity contribution in [2.75, 3.05) is 0 Å². The van der Waals surface area contributed by atoms with Gasteiger partial charge < -0.3 is 15.1 Å². The van der Waals surface area contributed by atoms with Gasteiger partial charge in [0.15, 0.2) is 5.69 Å². The number of aromatic amines is 2. The Bertz CT molecular complexity index is 834. The number of carbonyl (C=O) groups is 2. The number of nitrogens with zero attached hydrogens (tertiary/aromatic N) is 1. The van der Waals surface area contributed by atoms with Crippen LogP contribution in [0.2, 0.25) is 5.02 Å². The van der Waals surface area contributed by atoms with Crippen LogP contribution in [0.5, 0.6) is 0 Å². The van der Waals surface area contributed by atoms with E-state index in [0.717, 1.165) is 5.52 Å². The van der Waals surface area contributed by atoms with E-state index in [1.54, 1.807) is 18.2 Å². The summed E-state index contributed by atoms with van der Waals surface area (Å²) in [5.74, 6) is -1.71. The second-order valence-corrected chi connectivity index (χ2v) is 4.59. The Hall–Kier alpha value is -2.60. The third kappa shape index (κ3) is 1.86. The number of hydrogen-bond donors (Lipinski definition) is 3. The maximum Gasteiger partial charge on any atom is 0.354 e. The fraction of sp³-hybridized carbons (Fsp3) is 0. The fourth-order valence-corrected chi connectivity index (χ4v) is 2.21. The number of carboxylic acid groups (broad SMARTS) is 1. The summed E-state index contributed by atoms with van der Waals surface area (Å²) in [6, 6.07) is 5.09. The second kappa shape index (κ2) is 4.50. The molecule has 0 bridgehead atoms. The van der Waals surface area contributed by atoms with Crippen molar-refractivity contribution in [2.45, 2.75) is 0 Å². The predicted molar refractivity (Wildman–Crippen MR) is 72.3 cm³/mol. The quantitative estimate of drug-likeness (QED) is 0.645. The number of halogens is 1. The highest BCUT2D eigenvalue weighted by Gasteiger charge is 2.23. The monoisotopic (exact) mass is 289 g/mol. The molecule has 20 heavy (non-hydrogen) atoms. The average Bonchev–Trinajstić information content (AvgIpc) is 3.04. The lowest BCUT2D eigenvalue weighted by Gasteiger charge is -1.98. The van der Waals surface area contributed by atoms with Gasteiger partial charge in [-0.3, -0.25) is 4.79 Å². The van der Waals surface area contributed by atoms with Gasteiger partial charge in [0.05, 0.1) is 6.33 Å². The number of fused-ring (bicyclic) bond motifs is 1. The van der Waals surface area contributed by atoms with Crippen LogP contribution in [0.15, 0.2) is 30.7 Å². The van der Waals surface area contributed by atoms with Crippen molar-refractivity contribution in [1.29, 1.82) is 0 Å². The molecule has 0 amide bonds. The highest BCUT2D eigenvalue weighted by Crippen LogP contribution is 2.24. The van der Waals surface area contributed by atoms with Gasteiger partial charge in [-0.1, -0.05) is 11.6 Å². The first kappa shape index (κ1) is 12.4. The summed E-state index contributed by atoms with van der Waals surface area (Å²) in [7, 11) is 0. The predicted octanol–water partition coefficient (Wildman–Crippen LogP) is 2.47. The Labute approximate surface area is 117 Å². The van der Waals surface area contributed by atoms with Crippen molar-refractivity contribution >= 4 is 34.3 Å². The van der Waals surface area contributed by atoms with Crippen LogP contribution in [-0.2, 0) is 0 Å². The molecule has 0 unspecified atom stereocenters. The van der Waals surface area contributed by atoms with Gasteiger partial charge in [0.2, 0.25) is 5.78 Å². The number of carbonyl (C=O) groups excluding carboxylic acids is 1. The Balaban J connectivity index is 2.15. The van der Waals surface area contributed by atoms with Crippen molar-refractivity contribution in [3.8, 4) is 0 Å². The Kier molecular flexibility index (Phi) is 2.80. The number of aromatic carboxylic acids is 1. The summed E-state index contributed by atoms with van der Waals surface area (Å²) in [6.45, 7) is 0. The van der Waals surface area contributed by atoms with Gasteiger partial charge in [-0.15, -0.1) is 0 Å². The maximum atomic E-state index is 12.4. The molecule has 0 radical (unpaired) electrons. The smallest absolute Gasteiger partial charge is 0.354 e. The summed E-state index contributed by atoms with van der Waals surface area (Å²) in [5, 5.41) is 10.1. The molecule has 100 valence electrons. The molecule has 2 aromatic heterocycles. The Morgan fingerprint density at radius 1 is 1.25 bits per heavy atom. The molecular weight excluding hydrogens is 282 g/mol. The molecule has 3 aromatic rings. The van der Waals surface area contributed by atoms with E-state index in [0.29, 0.717) is 16.0 Å². The van der Waals surface area contributed by atoms with Crippen LogP contribution in [0.25, 0.3) is 10.9 Å².